The van der Waals surface area contributed by atoms with E-state index in [0.717, 1.165) is 17.0 Å². The van der Waals surface area contributed by atoms with Crippen LogP contribution in [0.1, 0.15) is 24.7 Å². The molecule has 1 aromatic heterocycles. The van der Waals surface area contributed by atoms with Gasteiger partial charge in [0.1, 0.15) is 11.6 Å². The molecule has 0 bridgehead atoms. The smallest absolute Gasteiger partial charge is 0.321 e. The summed E-state index contributed by atoms with van der Waals surface area (Å²) in [5.74, 6) is 1.51. The van der Waals surface area contributed by atoms with E-state index in [2.05, 4.69) is 20.8 Å². The van der Waals surface area contributed by atoms with Crippen LogP contribution >= 0.6 is 11.8 Å². The van der Waals surface area contributed by atoms with Crippen molar-refractivity contribution in [3.8, 4) is 11.4 Å². The van der Waals surface area contributed by atoms with E-state index in [1.807, 2.05) is 35.8 Å². The average molecular weight is 483 g/mol. The summed E-state index contributed by atoms with van der Waals surface area (Å²) in [5, 5.41) is 25.1. The van der Waals surface area contributed by atoms with E-state index < -0.39 is 17.0 Å². The number of thioether (sulfide) groups is 1. The summed E-state index contributed by atoms with van der Waals surface area (Å²) >= 11 is 1.43. The first-order valence-corrected chi connectivity index (χ1v) is 11.6. The standard InChI is InChI=1S/C22H22N6O5S/c1-2-33-18-9-7-16(8-10-18)27-19(11-15-12-20(29)24-21(30)23-15)25-26-22(27)34-13-14-3-5-17(6-4-14)28(31)32/h3-10,15H,2,11-13H2,1H3,(H2,23,24,29,30). The maximum Gasteiger partial charge on any atom is 0.321 e. The summed E-state index contributed by atoms with van der Waals surface area (Å²) in [5.41, 5.74) is 1.74. The molecule has 1 aliphatic rings. The molecule has 0 aliphatic carbocycles. The summed E-state index contributed by atoms with van der Waals surface area (Å²) in [7, 11) is 0. The third-order valence-electron chi connectivity index (χ3n) is 5.07. The number of imide groups is 1. The molecule has 11 nitrogen and oxygen atoms in total. The van der Waals surface area contributed by atoms with Crippen molar-refractivity contribution in [2.75, 3.05) is 6.61 Å². The normalized spacial score (nSPS) is 15.5. The number of nitrogens with one attached hydrogen (secondary N) is 2. The average Bonchev–Trinajstić information content (AvgIpc) is 3.20. The second-order valence-corrected chi connectivity index (χ2v) is 8.44. The second kappa shape index (κ2) is 10.3. The number of hydrogen-bond acceptors (Lipinski definition) is 8. The molecule has 1 aliphatic heterocycles. The highest BCUT2D eigenvalue weighted by molar-refractivity contribution is 7.98. The van der Waals surface area contributed by atoms with Crippen molar-refractivity contribution in [1.82, 2.24) is 25.4 Å². The van der Waals surface area contributed by atoms with E-state index in [1.54, 1.807) is 12.1 Å². The van der Waals surface area contributed by atoms with E-state index in [4.69, 9.17) is 4.74 Å². The summed E-state index contributed by atoms with van der Waals surface area (Å²) < 4.78 is 7.41. The van der Waals surface area contributed by atoms with Crippen LogP contribution in [0.5, 0.6) is 5.75 Å². The summed E-state index contributed by atoms with van der Waals surface area (Å²) in [6, 6.07) is 12.9. The topological polar surface area (TPSA) is 141 Å². The molecule has 1 fully saturated rings. The number of carbonyl (C=O) groups excluding carboxylic acids is 2. The van der Waals surface area contributed by atoms with Crippen molar-refractivity contribution in [3.05, 3.63) is 70.0 Å². The Balaban J connectivity index is 1.59. The lowest BCUT2D eigenvalue weighted by molar-refractivity contribution is -0.384. The molecule has 12 heteroatoms. The second-order valence-electron chi connectivity index (χ2n) is 7.50. The molecule has 0 spiro atoms. The van der Waals surface area contributed by atoms with Gasteiger partial charge in [-0.15, -0.1) is 10.2 Å². The maximum atomic E-state index is 11.8. The molecule has 1 unspecified atom stereocenters. The van der Waals surface area contributed by atoms with E-state index in [1.165, 1.54) is 23.9 Å². The van der Waals surface area contributed by atoms with Gasteiger partial charge >= 0.3 is 6.03 Å². The Bertz CT molecular complexity index is 1180. The molecule has 3 aromatic rings. The number of nitro benzene ring substituents is 1. The predicted molar refractivity (Wildman–Crippen MR) is 124 cm³/mol. The van der Waals surface area contributed by atoms with Gasteiger partial charge in [0, 0.05) is 42.5 Å². The maximum absolute atomic E-state index is 11.8. The van der Waals surface area contributed by atoms with Crippen LogP contribution < -0.4 is 15.4 Å². The van der Waals surface area contributed by atoms with E-state index in [9.17, 15) is 19.7 Å². The Morgan fingerprint density at radius 2 is 1.88 bits per heavy atom. The fourth-order valence-corrected chi connectivity index (χ4v) is 4.45. The predicted octanol–water partition coefficient (Wildman–Crippen LogP) is 3.01. The minimum absolute atomic E-state index is 0.0344. The monoisotopic (exact) mass is 482 g/mol. The highest BCUT2D eigenvalue weighted by atomic mass is 32.2. The third kappa shape index (κ3) is 5.52. The SMILES string of the molecule is CCOc1ccc(-n2c(CC3CC(=O)NC(=O)N3)nnc2SCc2ccc([N+](=O)[O-])cc2)cc1. The van der Waals surface area contributed by atoms with Gasteiger partial charge in [0.25, 0.3) is 5.69 Å². The molecular formula is C22H22N6O5S. The quantitative estimate of drug-likeness (QED) is 0.269. The Hall–Kier alpha value is -3.93. The molecule has 4 rings (SSSR count). The number of aromatic nitrogens is 3. The van der Waals surface area contributed by atoms with Gasteiger partial charge in [-0.1, -0.05) is 23.9 Å². The number of amides is 3. The lowest BCUT2D eigenvalue weighted by Crippen LogP contribution is -2.53. The van der Waals surface area contributed by atoms with Crippen LogP contribution in [-0.4, -0.2) is 44.3 Å². The highest BCUT2D eigenvalue weighted by Crippen LogP contribution is 2.28. The zero-order valence-electron chi connectivity index (χ0n) is 18.3. The molecule has 1 saturated heterocycles. The van der Waals surface area contributed by atoms with Crippen molar-refractivity contribution in [2.24, 2.45) is 0 Å². The molecule has 2 heterocycles. The summed E-state index contributed by atoms with van der Waals surface area (Å²) in [4.78, 5) is 33.9. The summed E-state index contributed by atoms with van der Waals surface area (Å²) in [6.07, 6.45) is 0.463. The fraction of sp³-hybridized carbons (Fsp3) is 0.273. The molecular weight excluding hydrogens is 460 g/mol. The van der Waals surface area contributed by atoms with Gasteiger partial charge in [0.2, 0.25) is 5.91 Å². The van der Waals surface area contributed by atoms with Crippen LogP contribution in [0.25, 0.3) is 5.69 Å². The van der Waals surface area contributed by atoms with Crippen LogP contribution in [0.15, 0.2) is 53.7 Å². The lowest BCUT2D eigenvalue weighted by Gasteiger charge is -2.23. The molecule has 2 N–H and O–H groups in total. The Morgan fingerprint density at radius 1 is 1.15 bits per heavy atom. The van der Waals surface area contributed by atoms with Gasteiger partial charge < -0.3 is 10.1 Å². The van der Waals surface area contributed by atoms with E-state index >= 15 is 0 Å². The zero-order chi connectivity index (χ0) is 24.1. The number of nitrogens with zero attached hydrogens (tertiary/aromatic N) is 4. The number of ether oxygens (including phenoxy) is 1. The zero-order valence-corrected chi connectivity index (χ0v) is 19.1. The van der Waals surface area contributed by atoms with E-state index in [-0.39, 0.29) is 18.0 Å². The van der Waals surface area contributed by atoms with Crippen molar-refractivity contribution in [1.29, 1.82) is 0 Å². The molecule has 0 saturated carbocycles. The van der Waals surface area contributed by atoms with Crippen LogP contribution in [-0.2, 0) is 17.0 Å². The molecule has 34 heavy (non-hydrogen) atoms. The Morgan fingerprint density at radius 3 is 2.53 bits per heavy atom. The lowest BCUT2D eigenvalue weighted by atomic mass is 10.1. The van der Waals surface area contributed by atoms with Crippen molar-refractivity contribution < 1.29 is 19.2 Å². The number of rotatable bonds is 9. The van der Waals surface area contributed by atoms with Crippen molar-refractivity contribution in [2.45, 2.75) is 36.7 Å². The van der Waals surface area contributed by atoms with Crippen LogP contribution in [0.4, 0.5) is 10.5 Å². The first-order chi connectivity index (χ1) is 16.4. The van der Waals surface area contributed by atoms with Gasteiger partial charge in [-0.25, -0.2) is 4.79 Å². The number of nitro groups is 1. The number of hydrogen-bond donors (Lipinski definition) is 2. The van der Waals surface area contributed by atoms with Gasteiger partial charge in [0.15, 0.2) is 5.16 Å². The molecule has 1 atom stereocenters. The van der Waals surface area contributed by atoms with Crippen molar-refractivity contribution in [3.63, 3.8) is 0 Å². The first-order valence-electron chi connectivity index (χ1n) is 10.6. The van der Waals surface area contributed by atoms with Gasteiger partial charge in [-0.3, -0.25) is 24.8 Å². The Kier molecular flexibility index (Phi) is 7.07. The van der Waals surface area contributed by atoms with Gasteiger partial charge in [0.05, 0.1) is 11.5 Å². The molecule has 0 radical (unpaired) electrons. The number of urea groups is 1. The van der Waals surface area contributed by atoms with E-state index in [0.29, 0.717) is 29.8 Å². The third-order valence-corrected chi connectivity index (χ3v) is 6.07. The van der Waals surface area contributed by atoms with Crippen LogP contribution in [0.3, 0.4) is 0 Å². The highest BCUT2D eigenvalue weighted by Gasteiger charge is 2.26. The van der Waals surface area contributed by atoms with Crippen LogP contribution in [0, 0.1) is 10.1 Å². The first kappa shape index (κ1) is 23.2. The minimum Gasteiger partial charge on any atom is -0.494 e. The fourth-order valence-electron chi connectivity index (χ4n) is 3.52. The Labute approximate surface area is 199 Å². The molecule has 176 valence electrons. The van der Waals surface area contributed by atoms with Crippen LogP contribution in [0.2, 0.25) is 0 Å². The molecule has 2 aromatic carbocycles. The van der Waals surface area contributed by atoms with Gasteiger partial charge in [-0.2, -0.15) is 0 Å². The number of non-ortho nitro benzene ring substituents is 1. The summed E-state index contributed by atoms with van der Waals surface area (Å²) in [6.45, 7) is 2.46. The number of benzene rings is 2. The minimum atomic E-state index is -0.527. The molecule has 3 amide bonds. The number of carbonyl (C=O) groups is 2. The van der Waals surface area contributed by atoms with Crippen molar-refractivity contribution >= 4 is 29.4 Å². The van der Waals surface area contributed by atoms with Gasteiger partial charge in [-0.05, 0) is 36.8 Å². The largest absolute Gasteiger partial charge is 0.494 e.